The fraction of sp³-hybridized carbons (Fsp3) is 0.292. The number of hydrogen-bond donors (Lipinski definition) is 3. The molecule has 0 aliphatic heterocycles. The summed E-state index contributed by atoms with van der Waals surface area (Å²) in [6, 6.07) is 7.62. The van der Waals surface area contributed by atoms with Crippen molar-refractivity contribution in [3.05, 3.63) is 65.0 Å². The van der Waals surface area contributed by atoms with Gasteiger partial charge in [0.2, 0.25) is 0 Å². The number of methoxy groups -OCH3 is 1. The highest BCUT2D eigenvalue weighted by Gasteiger charge is 2.40. The summed E-state index contributed by atoms with van der Waals surface area (Å²) in [5.41, 5.74) is 11.6. The van der Waals surface area contributed by atoms with Crippen molar-refractivity contribution in [2.75, 3.05) is 12.8 Å². The van der Waals surface area contributed by atoms with Gasteiger partial charge in [0.15, 0.2) is 0 Å². The minimum atomic E-state index is -4.64. The molecule has 5 N–H and O–H groups in total. The number of rotatable bonds is 7. The maximum Gasteiger partial charge on any atom is 0.410 e. The Labute approximate surface area is 205 Å². The van der Waals surface area contributed by atoms with Gasteiger partial charge in [-0.15, -0.1) is 0 Å². The molecule has 1 aromatic heterocycles. The van der Waals surface area contributed by atoms with E-state index < -0.39 is 35.7 Å². The number of primary amides is 1. The number of nitrogen functional groups attached to an aromatic ring is 1. The van der Waals surface area contributed by atoms with Crippen LogP contribution in [0.3, 0.4) is 0 Å². The van der Waals surface area contributed by atoms with E-state index in [1.807, 2.05) is 13.8 Å². The Balaban J connectivity index is 0.00000222. The van der Waals surface area contributed by atoms with E-state index >= 15 is 0 Å². The summed E-state index contributed by atoms with van der Waals surface area (Å²) in [5, 5.41) is 6.52. The van der Waals surface area contributed by atoms with Crippen molar-refractivity contribution < 1.29 is 31.9 Å². The van der Waals surface area contributed by atoms with Crippen LogP contribution in [0, 0.1) is 5.82 Å². The van der Waals surface area contributed by atoms with Gasteiger partial charge in [-0.1, -0.05) is 38.1 Å². The molecule has 0 bridgehead atoms. The predicted molar refractivity (Wildman–Crippen MR) is 127 cm³/mol. The molecular weight excluding hydrogens is 482 g/mol. The first-order valence-electron chi connectivity index (χ1n) is 10.9. The third kappa shape index (κ3) is 6.12. The lowest BCUT2D eigenvalue weighted by Crippen LogP contribution is -2.26. The number of nitrogens with one attached hydrogen (secondary N) is 1. The van der Waals surface area contributed by atoms with E-state index in [4.69, 9.17) is 16.2 Å². The maximum absolute atomic E-state index is 13.5. The molecule has 3 rings (SSSR count). The minimum Gasteiger partial charge on any atom is -0.496 e. The molecule has 36 heavy (non-hydrogen) atoms. The van der Waals surface area contributed by atoms with Gasteiger partial charge in [0.05, 0.1) is 12.7 Å². The van der Waals surface area contributed by atoms with E-state index in [0.717, 1.165) is 19.1 Å². The number of alkyl halides is 3. The number of hydrogen-bond acceptors (Lipinski definition) is 5. The van der Waals surface area contributed by atoms with E-state index in [2.05, 4.69) is 10.4 Å². The van der Waals surface area contributed by atoms with Crippen LogP contribution < -0.4 is 21.5 Å². The van der Waals surface area contributed by atoms with E-state index in [-0.39, 0.29) is 29.1 Å². The minimum absolute atomic E-state index is 0.0185. The van der Waals surface area contributed by atoms with Gasteiger partial charge in [-0.3, -0.25) is 9.59 Å². The number of carbonyl (C=O) groups excluding carboxylic acids is 2. The van der Waals surface area contributed by atoms with E-state index in [9.17, 15) is 27.2 Å². The van der Waals surface area contributed by atoms with Crippen molar-refractivity contribution in [2.24, 2.45) is 5.73 Å². The van der Waals surface area contributed by atoms with E-state index in [1.165, 1.54) is 25.3 Å². The van der Waals surface area contributed by atoms with Crippen molar-refractivity contribution in [3.8, 4) is 17.0 Å². The lowest BCUT2D eigenvalue weighted by atomic mass is 10.0. The molecular formula is C24H27F4N5O3. The maximum atomic E-state index is 13.5. The molecule has 2 amide bonds. The Bertz CT molecular complexity index is 1220. The summed E-state index contributed by atoms with van der Waals surface area (Å²) in [7, 11) is 1.35. The fourth-order valence-electron chi connectivity index (χ4n) is 3.24. The summed E-state index contributed by atoms with van der Waals surface area (Å²) in [5.74, 6) is -2.47. The second-order valence-corrected chi connectivity index (χ2v) is 7.36. The molecule has 0 spiro atoms. The molecule has 0 radical (unpaired) electrons. The second-order valence-electron chi connectivity index (χ2n) is 7.36. The lowest BCUT2D eigenvalue weighted by molar-refractivity contribution is -0.164. The average molecular weight is 510 g/mol. The number of ether oxygens (including phenoxy) is 1. The highest BCUT2D eigenvalue weighted by atomic mass is 19.4. The fourth-order valence-corrected chi connectivity index (χ4v) is 3.24. The molecule has 2 aromatic carbocycles. The SMILES string of the molecule is CC.COc1ccc(F)cc1C(=O)NCc1ccc(-c2nn(C(C)C(F)(F)F)c(N)c2C(N)=O)cc1. The smallest absolute Gasteiger partial charge is 0.410 e. The highest BCUT2D eigenvalue weighted by Crippen LogP contribution is 2.35. The molecule has 12 heteroatoms. The van der Waals surface area contributed by atoms with Crippen molar-refractivity contribution >= 4 is 17.6 Å². The summed E-state index contributed by atoms with van der Waals surface area (Å²) in [6.07, 6.45) is -4.64. The first-order chi connectivity index (χ1) is 16.9. The molecule has 0 fully saturated rings. The third-order valence-electron chi connectivity index (χ3n) is 5.12. The standard InChI is InChI=1S/C22H21F4N5O3.C2H6/c1-11(22(24,25)26)31-19(27)17(20(28)32)18(30-31)13-5-3-12(4-6-13)10-29-21(33)15-9-14(23)7-8-16(15)34-2;1-2/h3-9,11H,10,27H2,1-2H3,(H2,28,32)(H,29,33);1-2H3. The van der Waals surface area contributed by atoms with Crippen molar-refractivity contribution in [1.82, 2.24) is 15.1 Å². The zero-order valence-electron chi connectivity index (χ0n) is 20.1. The summed E-state index contributed by atoms with van der Waals surface area (Å²) in [6.45, 7) is 4.92. The van der Waals surface area contributed by atoms with Gasteiger partial charge in [-0.05, 0) is 30.7 Å². The Morgan fingerprint density at radius 1 is 1.14 bits per heavy atom. The van der Waals surface area contributed by atoms with Gasteiger partial charge < -0.3 is 21.5 Å². The van der Waals surface area contributed by atoms with Gasteiger partial charge in [0.1, 0.15) is 34.7 Å². The number of aromatic nitrogens is 2. The van der Waals surface area contributed by atoms with Crippen LogP contribution in [0.25, 0.3) is 11.3 Å². The van der Waals surface area contributed by atoms with E-state index in [0.29, 0.717) is 15.8 Å². The summed E-state index contributed by atoms with van der Waals surface area (Å²) < 4.78 is 58.6. The topological polar surface area (TPSA) is 125 Å². The molecule has 0 saturated heterocycles. The number of amides is 2. The molecule has 194 valence electrons. The van der Waals surface area contributed by atoms with Gasteiger partial charge in [0.25, 0.3) is 11.8 Å². The Hall–Kier alpha value is -4.09. The van der Waals surface area contributed by atoms with Gasteiger partial charge in [-0.25, -0.2) is 9.07 Å². The molecule has 1 atom stereocenters. The van der Waals surface area contributed by atoms with Crippen LogP contribution in [-0.4, -0.2) is 34.9 Å². The number of anilines is 1. The van der Waals surface area contributed by atoms with Crippen LogP contribution in [0.15, 0.2) is 42.5 Å². The van der Waals surface area contributed by atoms with Crippen LogP contribution >= 0.6 is 0 Å². The molecule has 0 aliphatic rings. The van der Waals surface area contributed by atoms with Crippen molar-refractivity contribution in [1.29, 1.82) is 0 Å². The quantitative estimate of drug-likeness (QED) is 0.406. The predicted octanol–water partition coefficient (Wildman–Crippen LogP) is 4.46. The number of nitrogens with zero attached hydrogens (tertiary/aromatic N) is 2. The van der Waals surface area contributed by atoms with Crippen LogP contribution in [0.4, 0.5) is 23.4 Å². The van der Waals surface area contributed by atoms with Crippen LogP contribution in [0.5, 0.6) is 5.75 Å². The summed E-state index contributed by atoms with van der Waals surface area (Å²) >= 11 is 0. The van der Waals surface area contributed by atoms with Crippen LogP contribution in [-0.2, 0) is 6.54 Å². The van der Waals surface area contributed by atoms with Gasteiger partial charge in [-0.2, -0.15) is 18.3 Å². The highest BCUT2D eigenvalue weighted by molar-refractivity contribution is 6.03. The first-order valence-corrected chi connectivity index (χ1v) is 10.9. The van der Waals surface area contributed by atoms with Gasteiger partial charge >= 0.3 is 6.18 Å². The third-order valence-corrected chi connectivity index (χ3v) is 5.12. The largest absolute Gasteiger partial charge is 0.496 e. The zero-order valence-corrected chi connectivity index (χ0v) is 20.1. The number of benzene rings is 2. The van der Waals surface area contributed by atoms with E-state index in [1.54, 1.807) is 12.1 Å². The van der Waals surface area contributed by atoms with Crippen molar-refractivity contribution in [3.63, 3.8) is 0 Å². The number of halogens is 4. The van der Waals surface area contributed by atoms with Crippen molar-refractivity contribution in [2.45, 2.75) is 39.5 Å². The lowest BCUT2D eigenvalue weighted by Gasteiger charge is -2.17. The molecule has 1 heterocycles. The number of nitrogens with two attached hydrogens (primary N) is 2. The zero-order chi connectivity index (χ0) is 27.2. The molecule has 1 unspecified atom stereocenters. The normalized spacial score (nSPS) is 11.8. The Morgan fingerprint density at radius 3 is 2.28 bits per heavy atom. The van der Waals surface area contributed by atoms with Crippen LogP contribution in [0.1, 0.15) is 53.1 Å². The van der Waals surface area contributed by atoms with Crippen LogP contribution in [0.2, 0.25) is 0 Å². The number of carbonyl (C=O) groups is 2. The second kappa shape index (κ2) is 11.6. The Morgan fingerprint density at radius 2 is 1.75 bits per heavy atom. The average Bonchev–Trinajstić information content (AvgIpc) is 3.20. The van der Waals surface area contributed by atoms with Gasteiger partial charge in [0, 0.05) is 12.1 Å². The monoisotopic (exact) mass is 509 g/mol. The first kappa shape index (κ1) is 28.1. The molecule has 8 nitrogen and oxygen atoms in total. The molecule has 0 saturated carbocycles. The summed E-state index contributed by atoms with van der Waals surface area (Å²) in [4.78, 5) is 24.3. The molecule has 0 aliphatic carbocycles. The molecule has 3 aromatic rings. The Kier molecular flexibility index (Phi) is 9.04.